The van der Waals surface area contributed by atoms with Gasteiger partial charge in [-0.05, 0) is 43.7 Å². The summed E-state index contributed by atoms with van der Waals surface area (Å²) < 4.78 is 12.3. The summed E-state index contributed by atoms with van der Waals surface area (Å²) in [6, 6.07) is 17.5. The summed E-state index contributed by atoms with van der Waals surface area (Å²) in [6.45, 7) is 9.91. The lowest BCUT2D eigenvalue weighted by atomic mass is 9.62. The van der Waals surface area contributed by atoms with Crippen LogP contribution in [0.25, 0.3) is 0 Å². The molecule has 1 spiro atoms. The van der Waals surface area contributed by atoms with E-state index in [0.717, 1.165) is 11.1 Å². The Morgan fingerprint density at radius 3 is 2.39 bits per heavy atom. The van der Waals surface area contributed by atoms with E-state index in [0.29, 0.717) is 19.4 Å². The maximum Gasteiger partial charge on any atom is 0.312 e. The summed E-state index contributed by atoms with van der Waals surface area (Å²) in [5.41, 5.74) is -0.301. The Labute approximate surface area is 241 Å². The molecule has 3 fully saturated rings. The number of likely N-dealkylation sites (tertiary alicyclic amines) is 1. The van der Waals surface area contributed by atoms with Crippen molar-refractivity contribution >= 4 is 17.8 Å². The number of aliphatic hydroxyl groups is 1. The average Bonchev–Trinajstić information content (AvgIpc) is 3.49. The highest BCUT2D eigenvalue weighted by atomic mass is 16.6. The summed E-state index contributed by atoms with van der Waals surface area (Å²) in [7, 11) is 0. The third kappa shape index (κ3) is 4.77. The molecule has 0 saturated carbocycles. The second kappa shape index (κ2) is 11.4. The second-order valence-electron chi connectivity index (χ2n) is 11.7. The summed E-state index contributed by atoms with van der Waals surface area (Å²) in [4.78, 5) is 45.9. The zero-order valence-corrected chi connectivity index (χ0v) is 24.1. The number of carbonyl (C=O) groups excluding carboxylic acids is 3. The first kappa shape index (κ1) is 29.0. The van der Waals surface area contributed by atoms with Crippen molar-refractivity contribution in [1.82, 2.24) is 9.80 Å². The Morgan fingerprint density at radius 2 is 1.80 bits per heavy atom. The minimum absolute atomic E-state index is 0.0973. The zero-order chi connectivity index (χ0) is 29.4. The van der Waals surface area contributed by atoms with Gasteiger partial charge < -0.3 is 24.4 Å². The number of ether oxygens (including phenoxy) is 2. The van der Waals surface area contributed by atoms with Crippen LogP contribution in [0.5, 0.6) is 0 Å². The lowest BCUT2D eigenvalue weighted by Gasteiger charge is -2.39. The smallest absolute Gasteiger partial charge is 0.312 e. The molecule has 3 saturated heterocycles. The fourth-order valence-electron chi connectivity index (χ4n) is 7.44. The molecule has 3 heterocycles. The van der Waals surface area contributed by atoms with E-state index in [2.05, 4.69) is 6.58 Å². The molecule has 3 aliphatic heterocycles. The number of carbonyl (C=O) groups is 3. The third-order valence-corrected chi connectivity index (χ3v) is 9.32. The van der Waals surface area contributed by atoms with Crippen LogP contribution in [0.3, 0.4) is 0 Å². The fraction of sp³-hybridized carbons (Fsp3) is 0.485. The van der Waals surface area contributed by atoms with Gasteiger partial charge in [-0.2, -0.15) is 0 Å². The van der Waals surface area contributed by atoms with Gasteiger partial charge in [-0.15, -0.1) is 6.58 Å². The van der Waals surface area contributed by atoms with Gasteiger partial charge in [0.25, 0.3) is 0 Å². The van der Waals surface area contributed by atoms with Crippen molar-refractivity contribution in [3.05, 3.63) is 84.4 Å². The number of benzene rings is 2. The molecule has 3 unspecified atom stereocenters. The van der Waals surface area contributed by atoms with Crippen LogP contribution in [0.15, 0.2) is 73.3 Å². The number of hydrogen-bond acceptors (Lipinski definition) is 6. The van der Waals surface area contributed by atoms with E-state index >= 15 is 0 Å². The fourth-order valence-corrected chi connectivity index (χ4v) is 7.44. The number of amides is 2. The first-order valence-corrected chi connectivity index (χ1v) is 14.5. The van der Waals surface area contributed by atoms with Crippen molar-refractivity contribution in [2.45, 2.75) is 63.4 Å². The Hall–Kier alpha value is -3.49. The number of rotatable bonds is 11. The standard InChI is InChI=1S/C33H40N2O6/c1-5-17-34(20-24-15-11-8-12-16-24)30(38)28-33-19-22(3)32(4,41-33)27(31(39)40-6-2)26(33)29(37)35(28)25(21-36)18-23-13-9-7-10-14-23/h5,7-16,22,25-28,36H,1,6,17-21H2,2-4H3/t22?,25-,26+,27-,28?,32+,33?/m1/s1. The van der Waals surface area contributed by atoms with Crippen molar-refractivity contribution in [2.24, 2.45) is 17.8 Å². The molecule has 0 aromatic heterocycles. The molecule has 0 aliphatic carbocycles. The minimum atomic E-state index is -1.22. The molecule has 41 heavy (non-hydrogen) atoms. The topological polar surface area (TPSA) is 96.4 Å². The van der Waals surface area contributed by atoms with Gasteiger partial charge >= 0.3 is 5.97 Å². The highest BCUT2D eigenvalue weighted by Crippen LogP contribution is 2.65. The van der Waals surface area contributed by atoms with Gasteiger partial charge in [0, 0.05) is 13.1 Å². The maximum absolute atomic E-state index is 14.7. The van der Waals surface area contributed by atoms with Gasteiger partial charge in [-0.25, -0.2) is 0 Å². The van der Waals surface area contributed by atoms with E-state index in [9.17, 15) is 19.5 Å². The molecule has 8 nitrogen and oxygen atoms in total. The number of nitrogens with zero attached hydrogens (tertiary/aromatic N) is 2. The van der Waals surface area contributed by atoms with E-state index in [1.54, 1.807) is 17.9 Å². The van der Waals surface area contributed by atoms with Crippen molar-refractivity contribution in [3.8, 4) is 0 Å². The van der Waals surface area contributed by atoms with Crippen LogP contribution >= 0.6 is 0 Å². The molecule has 7 atom stereocenters. The van der Waals surface area contributed by atoms with E-state index < -0.39 is 41.1 Å². The molecule has 5 rings (SSSR count). The molecule has 2 aromatic carbocycles. The Morgan fingerprint density at radius 1 is 1.17 bits per heavy atom. The SMILES string of the molecule is C=CCN(Cc1ccccc1)C(=O)C1N([C@@H](CO)Cc2ccccc2)C(=O)[C@@H]2[C@H](C(=O)OCC)[C@@]3(C)OC12CC3C. The molecule has 2 aromatic rings. The minimum Gasteiger partial charge on any atom is -0.466 e. The lowest BCUT2D eigenvalue weighted by Crippen LogP contribution is -2.59. The van der Waals surface area contributed by atoms with Crippen molar-refractivity contribution in [3.63, 3.8) is 0 Å². The number of aliphatic hydroxyl groups excluding tert-OH is 1. The maximum atomic E-state index is 14.7. The first-order valence-electron chi connectivity index (χ1n) is 14.5. The first-order chi connectivity index (χ1) is 19.7. The van der Waals surface area contributed by atoms with Gasteiger partial charge in [0.15, 0.2) is 0 Å². The van der Waals surface area contributed by atoms with Crippen LogP contribution in [0, 0.1) is 17.8 Å². The van der Waals surface area contributed by atoms with E-state index in [-0.39, 0.29) is 37.5 Å². The number of hydrogen-bond donors (Lipinski definition) is 1. The normalized spacial score (nSPS) is 30.6. The predicted molar refractivity (Wildman–Crippen MR) is 153 cm³/mol. The Balaban J connectivity index is 1.61. The molecule has 1 N–H and O–H groups in total. The van der Waals surface area contributed by atoms with E-state index in [4.69, 9.17) is 9.47 Å². The van der Waals surface area contributed by atoms with E-state index in [1.165, 1.54) is 4.90 Å². The number of esters is 1. The number of fused-ring (bicyclic) bond motifs is 1. The van der Waals surface area contributed by atoms with Crippen molar-refractivity contribution in [2.75, 3.05) is 19.8 Å². The Bertz CT molecular complexity index is 1290. The molecular weight excluding hydrogens is 520 g/mol. The van der Waals surface area contributed by atoms with Crippen LogP contribution in [0.1, 0.15) is 38.3 Å². The van der Waals surface area contributed by atoms with Crippen molar-refractivity contribution < 1.29 is 29.0 Å². The predicted octanol–water partition coefficient (Wildman–Crippen LogP) is 3.38. The Kier molecular flexibility index (Phi) is 8.08. The average molecular weight is 561 g/mol. The third-order valence-electron chi connectivity index (χ3n) is 9.32. The van der Waals surface area contributed by atoms with E-state index in [1.807, 2.05) is 74.5 Å². The highest BCUT2D eigenvalue weighted by Gasteiger charge is 2.80. The van der Waals surface area contributed by atoms with Gasteiger partial charge in [0.1, 0.15) is 17.6 Å². The van der Waals surface area contributed by atoms with Crippen LogP contribution < -0.4 is 0 Å². The highest BCUT2D eigenvalue weighted by molar-refractivity contribution is 5.99. The summed E-state index contributed by atoms with van der Waals surface area (Å²) in [6.07, 6.45) is 2.47. The molecule has 218 valence electrons. The van der Waals surface area contributed by atoms with Gasteiger partial charge in [-0.1, -0.05) is 73.7 Å². The van der Waals surface area contributed by atoms with Gasteiger partial charge in [0.2, 0.25) is 11.8 Å². The molecule has 3 aliphatic rings. The lowest BCUT2D eigenvalue weighted by molar-refractivity contribution is -0.163. The largest absolute Gasteiger partial charge is 0.466 e. The van der Waals surface area contributed by atoms with Crippen molar-refractivity contribution in [1.29, 1.82) is 0 Å². The quantitative estimate of drug-likeness (QED) is 0.335. The van der Waals surface area contributed by atoms with Gasteiger partial charge in [-0.3, -0.25) is 14.4 Å². The van der Waals surface area contributed by atoms with Gasteiger partial charge in [0.05, 0.1) is 30.8 Å². The van der Waals surface area contributed by atoms with Crippen LogP contribution in [0.2, 0.25) is 0 Å². The molecular formula is C33H40N2O6. The molecule has 2 bridgehead atoms. The molecule has 0 radical (unpaired) electrons. The summed E-state index contributed by atoms with van der Waals surface area (Å²) in [5, 5.41) is 10.7. The summed E-state index contributed by atoms with van der Waals surface area (Å²) >= 11 is 0. The van der Waals surface area contributed by atoms with Crippen LogP contribution in [0.4, 0.5) is 0 Å². The molecule has 8 heteroatoms. The monoisotopic (exact) mass is 560 g/mol. The molecule has 2 amide bonds. The van der Waals surface area contributed by atoms with Crippen LogP contribution in [-0.2, 0) is 36.8 Å². The zero-order valence-electron chi connectivity index (χ0n) is 24.1. The second-order valence-corrected chi connectivity index (χ2v) is 11.7. The van der Waals surface area contributed by atoms with Crippen LogP contribution in [-0.4, -0.2) is 75.7 Å². The summed E-state index contributed by atoms with van der Waals surface area (Å²) in [5.74, 6) is -2.94.